The van der Waals surface area contributed by atoms with Crippen LogP contribution < -0.4 is 10.1 Å². The Balaban J connectivity index is 1.65. The van der Waals surface area contributed by atoms with Crippen LogP contribution in [0.2, 0.25) is 0 Å². The van der Waals surface area contributed by atoms with Crippen LogP contribution in [-0.4, -0.2) is 36.4 Å². The van der Waals surface area contributed by atoms with Crippen LogP contribution in [-0.2, 0) is 0 Å². The van der Waals surface area contributed by atoms with Crippen molar-refractivity contribution in [3.63, 3.8) is 0 Å². The quantitative estimate of drug-likeness (QED) is 0.706. The summed E-state index contributed by atoms with van der Waals surface area (Å²) in [5, 5.41) is 2.89. The topological polar surface area (TPSA) is 58.6 Å². The molecule has 0 bridgehead atoms. The van der Waals surface area contributed by atoms with Gasteiger partial charge in [-0.25, -0.2) is 0 Å². The van der Waals surface area contributed by atoms with Crippen LogP contribution in [0, 0.1) is 0 Å². The Kier molecular flexibility index (Phi) is 7.06. The van der Waals surface area contributed by atoms with Crippen molar-refractivity contribution in [2.75, 3.05) is 25.0 Å². The first-order chi connectivity index (χ1) is 13.7. The average molecular weight is 380 g/mol. The van der Waals surface area contributed by atoms with Crippen molar-refractivity contribution in [2.24, 2.45) is 0 Å². The van der Waals surface area contributed by atoms with Gasteiger partial charge in [0.05, 0.1) is 6.61 Å². The van der Waals surface area contributed by atoms with E-state index in [9.17, 15) is 9.59 Å². The summed E-state index contributed by atoms with van der Waals surface area (Å²) >= 11 is 0. The Morgan fingerprint density at radius 3 is 2.54 bits per heavy atom. The van der Waals surface area contributed by atoms with E-state index in [1.54, 1.807) is 36.4 Å². The Bertz CT molecular complexity index is 813. The van der Waals surface area contributed by atoms with Crippen molar-refractivity contribution in [2.45, 2.75) is 39.0 Å². The minimum absolute atomic E-state index is 0.0297. The van der Waals surface area contributed by atoms with Gasteiger partial charge in [0, 0.05) is 29.9 Å². The standard InChI is InChI=1S/C23H28N2O3/c1-2-3-15-28-21-12-8-9-18(17-21)22(26)24-20-11-7-10-19(16-20)23(27)25-13-5-4-6-14-25/h7-12,16-17H,2-6,13-15H2,1H3,(H,24,26). The van der Waals surface area contributed by atoms with Crippen molar-refractivity contribution in [1.29, 1.82) is 0 Å². The van der Waals surface area contributed by atoms with Gasteiger partial charge in [0.25, 0.3) is 11.8 Å². The molecule has 0 unspecified atom stereocenters. The number of carbonyl (C=O) groups excluding carboxylic acids is 2. The van der Waals surface area contributed by atoms with Crippen molar-refractivity contribution in [3.05, 3.63) is 59.7 Å². The minimum Gasteiger partial charge on any atom is -0.494 e. The average Bonchev–Trinajstić information content (AvgIpc) is 2.74. The molecular weight excluding hydrogens is 352 g/mol. The highest BCUT2D eigenvalue weighted by Gasteiger charge is 2.18. The lowest BCUT2D eigenvalue weighted by Gasteiger charge is -2.26. The van der Waals surface area contributed by atoms with Gasteiger partial charge in [-0.05, 0) is 62.1 Å². The summed E-state index contributed by atoms with van der Waals surface area (Å²) in [6.45, 7) is 4.36. The molecule has 0 aromatic heterocycles. The highest BCUT2D eigenvalue weighted by atomic mass is 16.5. The molecule has 0 saturated carbocycles. The third kappa shape index (κ3) is 5.35. The summed E-state index contributed by atoms with van der Waals surface area (Å²) in [7, 11) is 0. The van der Waals surface area contributed by atoms with Crippen LogP contribution in [0.15, 0.2) is 48.5 Å². The number of hydrogen-bond acceptors (Lipinski definition) is 3. The summed E-state index contributed by atoms with van der Waals surface area (Å²) in [6, 6.07) is 14.3. The first-order valence-corrected chi connectivity index (χ1v) is 10.1. The number of amides is 2. The summed E-state index contributed by atoms with van der Waals surface area (Å²) in [4.78, 5) is 27.2. The van der Waals surface area contributed by atoms with E-state index >= 15 is 0 Å². The Hall–Kier alpha value is -2.82. The molecule has 0 aliphatic carbocycles. The number of nitrogens with one attached hydrogen (secondary N) is 1. The molecular formula is C23H28N2O3. The molecule has 1 saturated heterocycles. The van der Waals surface area contributed by atoms with Gasteiger partial charge in [-0.2, -0.15) is 0 Å². The molecule has 2 aromatic rings. The lowest BCUT2D eigenvalue weighted by molar-refractivity contribution is 0.0724. The molecule has 1 N–H and O–H groups in total. The van der Waals surface area contributed by atoms with Crippen molar-refractivity contribution in [3.8, 4) is 5.75 Å². The highest BCUT2D eigenvalue weighted by molar-refractivity contribution is 6.05. The molecule has 1 fully saturated rings. The number of hydrogen-bond donors (Lipinski definition) is 1. The van der Waals surface area contributed by atoms with E-state index in [1.165, 1.54) is 6.42 Å². The molecule has 1 aliphatic heterocycles. The van der Waals surface area contributed by atoms with Crippen LogP contribution in [0.5, 0.6) is 5.75 Å². The molecule has 0 radical (unpaired) electrons. The zero-order chi connectivity index (χ0) is 19.8. The van der Waals surface area contributed by atoms with E-state index in [1.807, 2.05) is 17.0 Å². The van der Waals surface area contributed by atoms with E-state index < -0.39 is 0 Å². The van der Waals surface area contributed by atoms with Gasteiger partial charge in [0.2, 0.25) is 0 Å². The normalized spacial score (nSPS) is 13.8. The predicted octanol–water partition coefficient (Wildman–Crippen LogP) is 4.74. The lowest BCUT2D eigenvalue weighted by atomic mass is 10.1. The third-order valence-corrected chi connectivity index (χ3v) is 4.87. The van der Waals surface area contributed by atoms with Crippen LogP contribution in [0.4, 0.5) is 5.69 Å². The van der Waals surface area contributed by atoms with Gasteiger partial charge >= 0.3 is 0 Å². The second kappa shape index (κ2) is 9.93. The van der Waals surface area contributed by atoms with Gasteiger partial charge in [0.1, 0.15) is 5.75 Å². The van der Waals surface area contributed by atoms with Crippen LogP contribution in [0.1, 0.15) is 59.7 Å². The molecule has 148 valence electrons. The number of nitrogens with zero attached hydrogens (tertiary/aromatic N) is 1. The SMILES string of the molecule is CCCCOc1cccc(C(=O)Nc2cccc(C(=O)N3CCCCC3)c2)c1. The van der Waals surface area contributed by atoms with Crippen LogP contribution in [0.25, 0.3) is 0 Å². The number of ether oxygens (including phenoxy) is 1. The second-order valence-electron chi connectivity index (χ2n) is 7.12. The summed E-state index contributed by atoms with van der Waals surface area (Å²) in [5.74, 6) is 0.501. The van der Waals surface area contributed by atoms with Gasteiger partial charge in [-0.15, -0.1) is 0 Å². The van der Waals surface area contributed by atoms with Crippen LogP contribution in [0.3, 0.4) is 0 Å². The molecule has 5 heteroatoms. The Morgan fingerprint density at radius 1 is 1.00 bits per heavy atom. The summed E-state index contributed by atoms with van der Waals surface area (Å²) in [6.07, 6.45) is 5.33. The van der Waals surface area contributed by atoms with E-state index in [4.69, 9.17) is 4.74 Å². The monoisotopic (exact) mass is 380 g/mol. The molecule has 2 aromatic carbocycles. The maximum Gasteiger partial charge on any atom is 0.255 e. The van der Waals surface area contributed by atoms with E-state index in [2.05, 4.69) is 12.2 Å². The fourth-order valence-electron chi connectivity index (χ4n) is 3.27. The summed E-state index contributed by atoms with van der Waals surface area (Å²) < 4.78 is 5.68. The molecule has 5 nitrogen and oxygen atoms in total. The van der Waals surface area contributed by atoms with Gasteiger partial charge < -0.3 is 15.0 Å². The maximum atomic E-state index is 12.7. The minimum atomic E-state index is -0.219. The smallest absolute Gasteiger partial charge is 0.255 e. The number of unbranched alkanes of at least 4 members (excludes halogenated alkanes) is 1. The molecule has 2 amide bonds. The van der Waals surface area contributed by atoms with Gasteiger partial charge in [0.15, 0.2) is 0 Å². The molecule has 0 atom stereocenters. The van der Waals surface area contributed by atoms with Crippen molar-refractivity contribution >= 4 is 17.5 Å². The number of carbonyl (C=O) groups is 2. The van der Waals surface area contributed by atoms with E-state index in [0.29, 0.717) is 29.2 Å². The summed E-state index contributed by atoms with van der Waals surface area (Å²) in [5.41, 5.74) is 1.75. The fourth-order valence-corrected chi connectivity index (χ4v) is 3.27. The predicted molar refractivity (Wildman–Crippen MR) is 111 cm³/mol. The third-order valence-electron chi connectivity index (χ3n) is 4.87. The van der Waals surface area contributed by atoms with Gasteiger partial charge in [-0.1, -0.05) is 25.5 Å². The number of anilines is 1. The van der Waals surface area contributed by atoms with E-state index in [0.717, 1.165) is 38.8 Å². The number of benzene rings is 2. The molecule has 1 aliphatic rings. The maximum absolute atomic E-state index is 12.7. The Morgan fingerprint density at radius 2 is 1.75 bits per heavy atom. The molecule has 3 rings (SSSR count). The zero-order valence-corrected chi connectivity index (χ0v) is 16.4. The van der Waals surface area contributed by atoms with Gasteiger partial charge in [-0.3, -0.25) is 9.59 Å². The first-order valence-electron chi connectivity index (χ1n) is 10.1. The second-order valence-corrected chi connectivity index (χ2v) is 7.12. The van der Waals surface area contributed by atoms with Crippen LogP contribution >= 0.6 is 0 Å². The fraction of sp³-hybridized carbons (Fsp3) is 0.391. The lowest BCUT2D eigenvalue weighted by Crippen LogP contribution is -2.35. The molecule has 1 heterocycles. The highest BCUT2D eigenvalue weighted by Crippen LogP contribution is 2.19. The zero-order valence-electron chi connectivity index (χ0n) is 16.4. The number of piperidine rings is 1. The number of rotatable bonds is 7. The Labute approximate surface area is 166 Å². The number of likely N-dealkylation sites (tertiary alicyclic amines) is 1. The van der Waals surface area contributed by atoms with E-state index in [-0.39, 0.29) is 11.8 Å². The largest absolute Gasteiger partial charge is 0.494 e. The molecule has 28 heavy (non-hydrogen) atoms. The molecule has 0 spiro atoms. The van der Waals surface area contributed by atoms with Crippen molar-refractivity contribution in [1.82, 2.24) is 4.90 Å². The van der Waals surface area contributed by atoms with Crippen molar-refractivity contribution < 1.29 is 14.3 Å². The first kappa shape index (κ1) is 19.9.